The Labute approximate surface area is 241 Å². The molecule has 0 aromatic heterocycles. The Morgan fingerprint density at radius 1 is 0.976 bits per heavy atom. The first kappa shape index (κ1) is 29.8. The van der Waals surface area contributed by atoms with Crippen LogP contribution < -0.4 is 14.5 Å². The lowest BCUT2D eigenvalue weighted by atomic mass is 10.0. The maximum atomic E-state index is 15.1. The summed E-state index contributed by atoms with van der Waals surface area (Å²) in [5.74, 6) is 0.0446. The number of anilines is 2. The lowest BCUT2D eigenvalue weighted by molar-refractivity contribution is -0.140. The normalized spacial score (nSPS) is 22.0. The molecular weight excluding hydrogens is 526 g/mol. The van der Waals surface area contributed by atoms with Crippen molar-refractivity contribution in [2.75, 3.05) is 50.2 Å². The molecule has 7 nitrogen and oxygen atoms in total. The van der Waals surface area contributed by atoms with E-state index in [2.05, 4.69) is 9.80 Å². The van der Waals surface area contributed by atoms with Gasteiger partial charge in [0.25, 0.3) is 0 Å². The number of nitrogens with zero attached hydrogens (tertiary/aromatic N) is 4. The van der Waals surface area contributed by atoms with Gasteiger partial charge in [-0.1, -0.05) is 18.2 Å². The summed E-state index contributed by atoms with van der Waals surface area (Å²) in [5, 5.41) is 0. The Morgan fingerprint density at radius 3 is 2.34 bits per heavy atom. The molecule has 0 N–H and O–H groups in total. The van der Waals surface area contributed by atoms with Gasteiger partial charge in [-0.2, -0.15) is 0 Å². The number of carbonyl (C=O) groups excluding carboxylic acids is 1. The molecule has 0 aliphatic carbocycles. The Morgan fingerprint density at radius 2 is 1.68 bits per heavy atom. The molecule has 1 fully saturated rings. The van der Waals surface area contributed by atoms with Crippen molar-refractivity contribution in [1.82, 2.24) is 4.90 Å². The monoisotopic (exact) mass is 564 g/mol. The lowest BCUT2D eigenvalue weighted by Crippen LogP contribution is -2.56. The number of hydrogen-bond donors (Lipinski definition) is 0. The highest BCUT2D eigenvalue weighted by Gasteiger charge is 2.34. The summed E-state index contributed by atoms with van der Waals surface area (Å²) in [7, 11) is 2.97. The van der Waals surface area contributed by atoms with Crippen LogP contribution in [0.15, 0.2) is 76.7 Å². The van der Waals surface area contributed by atoms with E-state index in [9.17, 15) is 9.18 Å². The predicted molar refractivity (Wildman–Crippen MR) is 160 cm³/mol. The van der Waals surface area contributed by atoms with Gasteiger partial charge in [0, 0.05) is 31.9 Å². The molecule has 0 radical (unpaired) electrons. The van der Waals surface area contributed by atoms with Gasteiger partial charge < -0.3 is 24.2 Å². The van der Waals surface area contributed by atoms with Crippen LogP contribution in [0.2, 0.25) is 0 Å². The van der Waals surface area contributed by atoms with E-state index in [0.717, 1.165) is 16.8 Å². The topological polar surface area (TPSA) is 57.6 Å². The third kappa shape index (κ3) is 6.78. The van der Waals surface area contributed by atoms with Crippen molar-refractivity contribution >= 4 is 23.3 Å². The molecule has 9 heteroatoms. The summed E-state index contributed by atoms with van der Waals surface area (Å²) in [5.41, 5.74) is 4.29. The minimum Gasteiger partial charge on any atom is -0.495 e. The maximum absolute atomic E-state index is 15.1. The molecule has 1 unspecified atom stereocenters. The van der Waals surface area contributed by atoms with Crippen molar-refractivity contribution in [2.24, 2.45) is 4.99 Å². The molecule has 0 spiro atoms. The van der Waals surface area contributed by atoms with Crippen molar-refractivity contribution in [3.05, 3.63) is 88.7 Å². The fourth-order valence-electron chi connectivity index (χ4n) is 5.09. The zero-order valence-electron chi connectivity index (χ0n) is 24.6. The maximum Gasteiger partial charge on any atom is 0.307 e. The van der Waals surface area contributed by atoms with Gasteiger partial charge in [0.15, 0.2) is 0 Å². The quantitative estimate of drug-likeness (QED) is 0.410. The van der Waals surface area contributed by atoms with Crippen molar-refractivity contribution in [3.8, 4) is 5.75 Å². The summed E-state index contributed by atoms with van der Waals surface area (Å²) in [4.78, 5) is 23.9. The smallest absolute Gasteiger partial charge is 0.307 e. The standard InChI is InChI=1S/C32H38F2N4O3/c1-21-10-13-30(40-5)29(18-21)38-28(20-31(39)41-6)22(2)8-7-9-27(34)24(4)35-32(38)37-16-14-36(15-17-37)25-11-12-26(33)23(3)19-25/h7-13,18-19,28H,14-17,20H2,1-6H3/b9-7-,22-8+,27-24-,35-32?. The van der Waals surface area contributed by atoms with E-state index in [1.807, 2.05) is 49.1 Å². The van der Waals surface area contributed by atoms with Crippen LogP contribution in [0.25, 0.3) is 0 Å². The zero-order chi connectivity index (χ0) is 29.7. The molecule has 1 atom stereocenters. The summed E-state index contributed by atoms with van der Waals surface area (Å²) >= 11 is 0. The molecule has 4 rings (SSSR count). The Hall–Kier alpha value is -4.14. The molecule has 0 amide bonds. The Balaban J connectivity index is 1.84. The number of guanidine groups is 1. The number of piperazine rings is 1. The fourth-order valence-corrected chi connectivity index (χ4v) is 5.09. The van der Waals surface area contributed by atoms with Gasteiger partial charge in [-0.15, -0.1) is 0 Å². The van der Waals surface area contributed by atoms with Gasteiger partial charge in [-0.25, -0.2) is 13.8 Å². The minimum atomic E-state index is -0.492. The second kappa shape index (κ2) is 13.0. The van der Waals surface area contributed by atoms with E-state index in [4.69, 9.17) is 14.5 Å². The molecule has 2 aromatic rings. The average molecular weight is 565 g/mol. The van der Waals surface area contributed by atoms with Crippen LogP contribution in [0.5, 0.6) is 5.75 Å². The minimum absolute atomic E-state index is 0.0445. The van der Waals surface area contributed by atoms with Crippen molar-refractivity contribution < 1.29 is 23.0 Å². The highest BCUT2D eigenvalue weighted by molar-refractivity contribution is 6.00. The van der Waals surface area contributed by atoms with Crippen LogP contribution in [0.3, 0.4) is 0 Å². The van der Waals surface area contributed by atoms with E-state index in [-0.39, 0.29) is 23.9 Å². The van der Waals surface area contributed by atoms with Crippen LogP contribution in [0.1, 0.15) is 31.4 Å². The fraction of sp³-hybridized carbons (Fsp3) is 0.375. The van der Waals surface area contributed by atoms with Gasteiger partial charge in [0.05, 0.1) is 38.1 Å². The molecule has 0 bridgehead atoms. The van der Waals surface area contributed by atoms with Crippen LogP contribution in [0.4, 0.5) is 20.2 Å². The van der Waals surface area contributed by atoms with E-state index in [1.165, 1.54) is 19.3 Å². The lowest BCUT2D eigenvalue weighted by Gasteiger charge is -2.44. The number of aryl methyl sites for hydroxylation is 2. The summed E-state index contributed by atoms with van der Waals surface area (Å²) in [6.07, 6.45) is 4.87. The van der Waals surface area contributed by atoms with Crippen molar-refractivity contribution in [2.45, 2.75) is 40.2 Å². The van der Waals surface area contributed by atoms with Crippen LogP contribution in [0, 0.1) is 19.7 Å². The van der Waals surface area contributed by atoms with E-state index < -0.39 is 11.9 Å². The average Bonchev–Trinajstić information content (AvgIpc) is 2.97. The van der Waals surface area contributed by atoms with E-state index in [1.54, 1.807) is 33.1 Å². The molecule has 1 saturated heterocycles. The highest BCUT2D eigenvalue weighted by atomic mass is 19.1. The molecule has 0 saturated carbocycles. The SMILES string of the molecule is COC(=O)CC1/C(C)=C/C=C\C(F)=C(/C)N=C(N2CCN(c3ccc(F)c(C)c3)CC2)N1c1cc(C)ccc1OC. The number of carbonyl (C=O) groups is 1. The third-order valence-corrected chi connectivity index (χ3v) is 7.52. The highest BCUT2D eigenvalue weighted by Crippen LogP contribution is 2.35. The predicted octanol–water partition coefficient (Wildman–Crippen LogP) is 6.08. The molecule has 2 aliphatic rings. The Kier molecular flexibility index (Phi) is 9.47. The van der Waals surface area contributed by atoms with Gasteiger partial charge in [-0.3, -0.25) is 4.79 Å². The summed E-state index contributed by atoms with van der Waals surface area (Å²) in [6.45, 7) is 9.71. The number of allylic oxidation sites excluding steroid dienone is 5. The molecule has 218 valence electrons. The summed E-state index contributed by atoms with van der Waals surface area (Å²) < 4.78 is 39.9. The van der Waals surface area contributed by atoms with Gasteiger partial charge in [0.1, 0.15) is 17.4 Å². The largest absolute Gasteiger partial charge is 0.495 e. The van der Waals surface area contributed by atoms with Gasteiger partial charge in [0.2, 0.25) is 5.96 Å². The van der Waals surface area contributed by atoms with Crippen molar-refractivity contribution in [1.29, 1.82) is 0 Å². The number of hydrogen-bond acceptors (Lipinski definition) is 7. The molecule has 2 heterocycles. The second-order valence-corrected chi connectivity index (χ2v) is 10.4. The van der Waals surface area contributed by atoms with E-state index in [0.29, 0.717) is 49.1 Å². The number of esters is 1. The van der Waals surface area contributed by atoms with Crippen molar-refractivity contribution in [3.63, 3.8) is 0 Å². The number of aliphatic imine (C=N–C) groups is 1. The van der Waals surface area contributed by atoms with Crippen LogP contribution in [-0.2, 0) is 9.53 Å². The first-order valence-electron chi connectivity index (χ1n) is 13.7. The number of halogens is 2. The number of ether oxygens (including phenoxy) is 2. The number of rotatable bonds is 5. The molecular formula is C32H38F2N4O3. The summed E-state index contributed by atoms with van der Waals surface area (Å²) in [6, 6.07) is 10.5. The first-order valence-corrected chi connectivity index (χ1v) is 13.7. The molecule has 41 heavy (non-hydrogen) atoms. The first-order chi connectivity index (χ1) is 19.6. The van der Waals surface area contributed by atoms with Gasteiger partial charge >= 0.3 is 5.97 Å². The number of benzene rings is 2. The third-order valence-electron chi connectivity index (χ3n) is 7.52. The van der Waals surface area contributed by atoms with Gasteiger partial charge in [-0.05, 0) is 80.8 Å². The zero-order valence-corrected chi connectivity index (χ0v) is 24.6. The van der Waals surface area contributed by atoms with E-state index >= 15 is 4.39 Å². The Bertz CT molecular complexity index is 1410. The van der Waals surface area contributed by atoms with Crippen LogP contribution in [-0.4, -0.2) is 63.3 Å². The second-order valence-electron chi connectivity index (χ2n) is 10.4. The number of methoxy groups -OCH3 is 2. The molecule has 2 aromatic carbocycles. The molecule has 2 aliphatic heterocycles. The van der Waals surface area contributed by atoms with Crippen LogP contribution >= 0.6 is 0 Å².